The van der Waals surface area contributed by atoms with E-state index in [0.717, 1.165) is 14.5 Å². The van der Waals surface area contributed by atoms with E-state index in [2.05, 4.69) is 20.9 Å². The number of rotatable bonds is 2. The number of carbonyl (C=O) groups excluding carboxylic acids is 1. The van der Waals surface area contributed by atoms with Gasteiger partial charge in [0.05, 0.1) is 17.2 Å². The zero-order valence-corrected chi connectivity index (χ0v) is 13.6. The van der Waals surface area contributed by atoms with E-state index < -0.39 is 11.0 Å². The van der Waals surface area contributed by atoms with Crippen LogP contribution in [-0.2, 0) is 13.0 Å². The summed E-state index contributed by atoms with van der Waals surface area (Å²) >= 11 is 4.84. The summed E-state index contributed by atoms with van der Waals surface area (Å²) < 4.78 is 6.06. The van der Waals surface area contributed by atoms with E-state index in [9.17, 15) is 14.9 Å². The Morgan fingerprint density at radius 3 is 2.82 bits per heavy atom. The van der Waals surface area contributed by atoms with Crippen LogP contribution in [0.3, 0.4) is 0 Å². The van der Waals surface area contributed by atoms with Crippen LogP contribution in [0.25, 0.3) is 0 Å². The normalized spacial score (nSPS) is 13.6. The second-order valence-electron chi connectivity index (χ2n) is 4.63. The van der Waals surface area contributed by atoms with Gasteiger partial charge in [0.2, 0.25) is 0 Å². The Labute approximate surface area is 137 Å². The molecule has 0 saturated carbocycles. The molecule has 22 heavy (non-hydrogen) atoms. The third-order valence-electron chi connectivity index (χ3n) is 3.22. The summed E-state index contributed by atoms with van der Waals surface area (Å²) in [6.07, 6.45) is 0.219. The van der Waals surface area contributed by atoms with Crippen molar-refractivity contribution in [1.82, 2.24) is 9.88 Å². The van der Waals surface area contributed by atoms with Gasteiger partial charge in [0.25, 0.3) is 5.69 Å². The van der Waals surface area contributed by atoms with Gasteiger partial charge in [0.15, 0.2) is 3.92 Å². The van der Waals surface area contributed by atoms with E-state index in [4.69, 9.17) is 4.74 Å². The Balaban J connectivity index is 1.66. The van der Waals surface area contributed by atoms with E-state index >= 15 is 0 Å². The second-order valence-corrected chi connectivity index (χ2v) is 6.99. The van der Waals surface area contributed by atoms with E-state index in [0.29, 0.717) is 19.5 Å². The predicted octanol–water partition coefficient (Wildman–Crippen LogP) is 3.37. The van der Waals surface area contributed by atoms with Crippen LogP contribution in [0.1, 0.15) is 10.6 Å². The van der Waals surface area contributed by atoms with Crippen molar-refractivity contribution in [3.05, 3.63) is 48.9 Å². The number of hydrogen-bond acceptors (Lipinski definition) is 6. The minimum absolute atomic E-state index is 0.0445. The highest BCUT2D eigenvalue weighted by molar-refractivity contribution is 9.11. The van der Waals surface area contributed by atoms with E-state index in [1.54, 1.807) is 4.90 Å². The number of fused-ring (bicyclic) bond motifs is 1. The van der Waals surface area contributed by atoms with Gasteiger partial charge in [-0.25, -0.2) is 9.78 Å². The largest absolute Gasteiger partial charge is 0.415 e. The summed E-state index contributed by atoms with van der Waals surface area (Å²) in [5.74, 6) is 0.284. The second kappa shape index (κ2) is 6.01. The van der Waals surface area contributed by atoms with Gasteiger partial charge in [-0.1, -0.05) is 0 Å². The van der Waals surface area contributed by atoms with Gasteiger partial charge in [0.1, 0.15) is 5.75 Å². The molecule has 0 N–H and O–H groups in total. The maximum absolute atomic E-state index is 12.1. The molecule has 1 amide bonds. The third kappa shape index (κ3) is 3.09. The van der Waals surface area contributed by atoms with Crippen LogP contribution < -0.4 is 4.74 Å². The number of nitro groups is 1. The SMILES string of the molecule is O=C(Oc1ccc([N+](=O)[O-])cc1)N1CCc2nc(Br)sc2C1. The van der Waals surface area contributed by atoms with Crippen molar-refractivity contribution < 1.29 is 14.5 Å². The van der Waals surface area contributed by atoms with Crippen LogP contribution in [0.15, 0.2) is 28.2 Å². The highest BCUT2D eigenvalue weighted by Gasteiger charge is 2.25. The quantitative estimate of drug-likeness (QED) is 0.586. The molecule has 0 saturated heterocycles. The van der Waals surface area contributed by atoms with Gasteiger partial charge in [-0.2, -0.15) is 0 Å². The Morgan fingerprint density at radius 2 is 2.14 bits per heavy atom. The Bertz CT molecular complexity index is 731. The van der Waals surface area contributed by atoms with Crippen LogP contribution in [-0.4, -0.2) is 27.4 Å². The zero-order valence-electron chi connectivity index (χ0n) is 11.2. The lowest BCUT2D eigenvalue weighted by Gasteiger charge is -2.25. The van der Waals surface area contributed by atoms with Gasteiger partial charge < -0.3 is 9.64 Å². The molecular formula is C13H10BrN3O4S. The molecule has 2 aromatic rings. The van der Waals surface area contributed by atoms with Crippen molar-refractivity contribution in [3.63, 3.8) is 0 Å². The van der Waals surface area contributed by atoms with Crippen molar-refractivity contribution in [1.29, 1.82) is 0 Å². The molecule has 0 bridgehead atoms. The summed E-state index contributed by atoms with van der Waals surface area (Å²) in [5.41, 5.74) is 0.966. The molecule has 1 aliphatic rings. The Hall–Kier alpha value is -2.00. The molecule has 0 fully saturated rings. The molecule has 0 atom stereocenters. The number of thiazole rings is 1. The number of benzene rings is 1. The first-order chi connectivity index (χ1) is 10.5. The first kappa shape index (κ1) is 14.9. The summed E-state index contributed by atoms with van der Waals surface area (Å²) in [5, 5.41) is 10.6. The first-order valence-electron chi connectivity index (χ1n) is 6.38. The van der Waals surface area contributed by atoms with Gasteiger partial charge >= 0.3 is 6.09 Å². The van der Waals surface area contributed by atoms with Crippen LogP contribution in [0.5, 0.6) is 5.75 Å². The zero-order chi connectivity index (χ0) is 15.7. The summed E-state index contributed by atoms with van der Waals surface area (Å²) in [7, 11) is 0. The molecular weight excluding hydrogens is 374 g/mol. The number of ether oxygens (including phenoxy) is 1. The predicted molar refractivity (Wildman–Crippen MR) is 83.0 cm³/mol. The molecule has 9 heteroatoms. The van der Waals surface area contributed by atoms with E-state index in [-0.39, 0.29) is 11.4 Å². The monoisotopic (exact) mass is 383 g/mol. The molecule has 1 aliphatic heterocycles. The standard InChI is InChI=1S/C13H10BrN3O4S/c14-12-15-10-5-6-16(7-11(10)22-12)13(18)21-9-3-1-8(2-4-9)17(19)20/h1-4H,5-7H2. The molecule has 1 aromatic heterocycles. The van der Waals surface area contributed by atoms with Crippen LogP contribution in [0.2, 0.25) is 0 Å². The highest BCUT2D eigenvalue weighted by atomic mass is 79.9. The van der Waals surface area contributed by atoms with Crippen molar-refractivity contribution >= 4 is 39.0 Å². The summed E-state index contributed by atoms with van der Waals surface area (Å²) in [6, 6.07) is 5.43. The average molecular weight is 384 g/mol. The lowest BCUT2D eigenvalue weighted by Crippen LogP contribution is -2.37. The maximum atomic E-state index is 12.1. The average Bonchev–Trinajstić information content (AvgIpc) is 2.86. The molecule has 3 rings (SSSR count). The van der Waals surface area contributed by atoms with Gasteiger partial charge in [-0.05, 0) is 28.1 Å². The molecule has 114 valence electrons. The van der Waals surface area contributed by atoms with Crippen molar-refractivity contribution in [3.8, 4) is 5.75 Å². The van der Waals surface area contributed by atoms with Crippen LogP contribution in [0.4, 0.5) is 10.5 Å². The number of amides is 1. The van der Waals surface area contributed by atoms with Crippen molar-refractivity contribution in [2.45, 2.75) is 13.0 Å². The van der Waals surface area contributed by atoms with Gasteiger partial charge in [-0.15, -0.1) is 11.3 Å². The highest BCUT2D eigenvalue weighted by Crippen LogP contribution is 2.28. The number of carbonyl (C=O) groups is 1. The number of halogens is 1. The fourth-order valence-corrected chi connectivity index (χ4v) is 3.77. The molecule has 0 aliphatic carbocycles. The van der Waals surface area contributed by atoms with Crippen molar-refractivity contribution in [2.75, 3.05) is 6.54 Å². The summed E-state index contributed by atoms with van der Waals surface area (Å²) in [4.78, 5) is 29.2. The fourth-order valence-electron chi connectivity index (χ4n) is 2.12. The third-order valence-corrected chi connectivity index (χ3v) is 4.75. The Morgan fingerprint density at radius 1 is 1.41 bits per heavy atom. The lowest BCUT2D eigenvalue weighted by atomic mass is 10.2. The molecule has 7 nitrogen and oxygen atoms in total. The number of aromatic nitrogens is 1. The maximum Gasteiger partial charge on any atom is 0.415 e. The minimum Gasteiger partial charge on any atom is -0.410 e. The fraction of sp³-hybridized carbons (Fsp3) is 0.231. The number of non-ortho nitro benzene ring substituents is 1. The topological polar surface area (TPSA) is 85.6 Å². The van der Waals surface area contributed by atoms with Crippen LogP contribution >= 0.6 is 27.3 Å². The number of nitrogens with zero attached hydrogens (tertiary/aromatic N) is 3. The smallest absolute Gasteiger partial charge is 0.410 e. The number of nitro benzene ring substituents is 1. The van der Waals surface area contributed by atoms with E-state index in [1.165, 1.54) is 35.6 Å². The van der Waals surface area contributed by atoms with Gasteiger partial charge in [-0.3, -0.25) is 10.1 Å². The van der Waals surface area contributed by atoms with Gasteiger partial charge in [0, 0.05) is 30.0 Å². The van der Waals surface area contributed by atoms with E-state index in [1.807, 2.05) is 0 Å². The molecule has 0 unspecified atom stereocenters. The first-order valence-corrected chi connectivity index (χ1v) is 7.99. The lowest BCUT2D eigenvalue weighted by molar-refractivity contribution is -0.384. The van der Waals surface area contributed by atoms with Crippen LogP contribution in [0, 0.1) is 10.1 Å². The number of hydrogen-bond donors (Lipinski definition) is 0. The molecule has 0 radical (unpaired) electrons. The van der Waals surface area contributed by atoms with Crippen molar-refractivity contribution in [2.24, 2.45) is 0 Å². The molecule has 0 spiro atoms. The molecule has 1 aromatic carbocycles. The minimum atomic E-state index is -0.501. The Kier molecular flexibility index (Phi) is 4.08. The summed E-state index contributed by atoms with van der Waals surface area (Å²) in [6.45, 7) is 0.999. The molecule has 2 heterocycles.